The van der Waals surface area contributed by atoms with Gasteiger partial charge >= 0.3 is 18.0 Å². The van der Waals surface area contributed by atoms with E-state index in [9.17, 15) is 19.2 Å². The number of hydrogen-bond donors (Lipinski definition) is 1. The second-order valence-corrected chi connectivity index (χ2v) is 9.14. The Morgan fingerprint density at radius 2 is 1.30 bits per heavy atom. The van der Waals surface area contributed by atoms with Crippen molar-refractivity contribution in [3.63, 3.8) is 0 Å². The Balaban J connectivity index is 0.000000394. The van der Waals surface area contributed by atoms with Crippen LogP contribution in [0.2, 0.25) is 0 Å². The first kappa shape index (κ1) is 29.0. The molecule has 0 aliphatic rings. The topological polar surface area (TPSA) is 108 Å². The highest BCUT2D eigenvalue weighted by Gasteiger charge is 2.28. The van der Waals surface area contributed by atoms with Crippen molar-refractivity contribution < 1.29 is 33.4 Å². The molecule has 0 spiro atoms. The molecule has 0 radical (unpaired) electrons. The fourth-order valence-electron chi connectivity index (χ4n) is 3.11. The Labute approximate surface area is 216 Å². The monoisotopic (exact) mass is 507 g/mol. The van der Waals surface area contributed by atoms with Gasteiger partial charge in [0.1, 0.15) is 18.2 Å². The summed E-state index contributed by atoms with van der Waals surface area (Å²) in [6.07, 6.45) is -1.28. The molecule has 1 atom stereocenters. The third-order valence-electron chi connectivity index (χ3n) is 4.76. The Bertz CT molecular complexity index is 1120. The Morgan fingerprint density at radius 3 is 1.78 bits per heavy atom. The summed E-state index contributed by atoms with van der Waals surface area (Å²) in [7, 11) is 0. The van der Waals surface area contributed by atoms with Crippen molar-refractivity contribution in [2.45, 2.75) is 52.4 Å². The van der Waals surface area contributed by atoms with E-state index in [1.165, 1.54) is 10.8 Å². The normalized spacial score (nSPS) is 11.4. The fraction of sp³-hybridized carbons (Fsp3) is 0.310. The van der Waals surface area contributed by atoms with E-state index in [0.29, 0.717) is 0 Å². The second-order valence-electron chi connectivity index (χ2n) is 9.14. The van der Waals surface area contributed by atoms with Crippen LogP contribution in [0.1, 0.15) is 39.7 Å². The van der Waals surface area contributed by atoms with E-state index in [1.54, 1.807) is 45.0 Å². The highest BCUT2D eigenvalue weighted by Crippen LogP contribution is 2.12. The maximum absolute atomic E-state index is 12.2. The summed E-state index contributed by atoms with van der Waals surface area (Å²) >= 11 is 0. The first-order chi connectivity index (χ1) is 17.5. The van der Waals surface area contributed by atoms with Gasteiger partial charge in [-0.3, -0.25) is 14.4 Å². The lowest BCUT2D eigenvalue weighted by Crippen LogP contribution is -2.45. The van der Waals surface area contributed by atoms with Gasteiger partial charge < -0.3 is 19.5 Å². The minimum atomic E-state index is -1.23. The molecule has 8 heteroatoms. The van der Waals surface area contributed by atoms with Gasteiger partial charge in [-0.1, -0.05) is 78.9 Å². The average Bonchev–Trinajstić information content (AvgIpc) is 2.85. The molecule has 3 rings (SSSR count). The Morgan fingerprint density at radius 1 is 0.784 bits per heavy atom. The second kappa shape index (κ2) is 14.4. The zero-order valence-corrected chi connectivity index (χ0v) is 21.6. The Hall–Kier alpha value is -4.20. The molecule has 0 saturated heterocycles. The highest BCUT2D eigenvalue weighted by molar-refractivity contribution is 5.92. The average molecular weight is 508 g/mol. The van der Waals surface area contributed by atoms with Crippen LogP contribution in [0.25, 0.3) is 10.8 Å². The molecule has 8 nitrogen and oxygen atoms in total. The summed E-state index contributed by atoms with van der Waals surface area (Å²) in [5, 5.41) is 4.94. The van der Waals surface area contributed by atoms with Crippen LogP contribution in [0.4, 0.5) is 4.79 Å². The van der Waals surface area contributed by atoms with Crippen molar-refractivity contribution in [2.75, 3.05) is 6.61 Å². The van der Waals surface area contributed by atoms with E-state index in [1.807, 2.05) is 6.07 Å². The number of amides is 1. The van der Waals surface area contributed by atoms with E-state index in [0.717, 1.165) is 12.5 Å². The fourth-order valence-corrected chi connectivity index (χ4v) is 3.11. The number of ether oxygens (including phenoxy) is 3. The van der Waals surface area contributed by atoms with Crippen molar-refractivity contribution in [3.8, 4) is 0 Å². The van der Waals surface area contributed by atoms with Crippen LogP contribution >= 0.6 is 0 Å². The van der Waals surface area contributed by atoms with E-state index >= 15 is 0 Å². The lowest BCUT2D eigenvalue weighted by atomic mass is 10.1. The standard InChI is InChI=1S/C19H25NO7.C10H8/c1-13(21)25-12-16(22)15(10-17(23)27-19(2,3)4)20-18(24)26-11-14-8-6-5-7-9-14;1-2-6-10-8-4-3-7-9(10)5-1/h5-9,15H,10-12H2,1-4H3,(H,20,24);1-8H. The number of Topliss-reactive ketones (excluding diaryl/α,β-unsaturated/α-hetero) is 1. The number of alkyl carbamates (subject to hydrolysis) is 1. The van der Waals surface area contributed by atoms with Crippen LogP contribution in [-0.2, 0) is 35.2 Å². The lowest BCUT2D eigenvalue weighted by molar-refractivity contribution is -0.156. The molecule has 1 unspecified atom stereocenters. The zero-order valence-electron chi connectivity index (χ0n) is 21.6. The van der Waals surface area contributed by atoms with Crippen LogP contribution in [0, 0.1) is 0 Å². The van der Waals surface area contributed by atoms with Gasteiger partial charge in [0.2, 0.25) is 0 Å². The van der Waals surface area contributed by atoms with Gasteiger partial charge in [-0.15, -0.1) is 0 Å². The first-order valence-electron chi connectivity index (χ1n) is 11.8. The number of esters is 2. The smallest absolute Gasteiger partial charge is 0.408 e. The number of nitrogens with one attached hydrogen (secondary N) is 1. The third kappa shape index (κ3) is 11.9. The molecule has 0 aromatic heterocycles. The Kier molecular flexibility index (Phi) is 11.3. The van der Waals surface area contributed by atoms with Gasteiger partial charge in [0.05, 0.1) is 6.42 Å². The molecular weight excluding hydrogens is 474 g/mol. The largest absolute Gasteiger partial charge is 0.460 e. The third-order valence-corrected chi connectivity index (χ3v) is 4.76. The van der Waals surface area contributed by atoms with Crippen LogP contribution in [0.15, 0.2) is 78.9 Å². The van der Waals surface area contributed by atoms with Gasteiger partial charge in [-0.25, -0.2) is 4.79 Å². The van der Waals surface area contributed by atoms with Crippen molar-refractivity contribution in [1.82, 2.24) is 5.32 Å². The molecule has 1 amide bonds. The van der Waals surface area contributed by atoms with Crippen molar-refractivity contribution >= 4 is 34.6 Å². The van der Waals surface area contributed by atoms with Gasteiger partial charge in [-0.2, -0.15) is 0 Å². The quantitative estimate of drug-likeness (QED) is 0.338. The van der Waals surface area contributed by atoms with Crippen LogP contribution in [0.3, 0.4) is 0 Å². The summed E-state index contributed by atoms with van der Waals surface area (Å²) in [6.45, 7) is 5.63. The molecular formula is C29H33NO7. The van der Waals surface area contributed by atoms with E-state index < -0.39 is 48.5 Å². The van der Waals surface area contributed by atoms with E-state index in [2.05, 4.69) is 58.6 Å². The van der Waals surface area contributed by atoms with Crippen molar-refractivity contribution in [1.29, 1.82) is 0 Å². The molecule has 3 aromatic carbocycles. The summed E-state index contributed by atoms with van der Waals surface area (Å²) in [6, 6.07) is 24.4. The summed E-state index contributed by atoms with van der Waals surface area (Å²) in [4.78, 5) is 47.1. The van der Waals surface area contributed by atoms with Crippen LogP contribution in [0.5, 0.6) is 0 Å². The molecule has 37 heavy (non-hydrogen) atoms. The lowest BCUT2D eigenvalue weighted by Gasteiger charge is -2.22. The number of hydrogen-bond acceptors (Lipinski definition) is 7. The molecule has 0 fully saturated rings. The minimum Gasteiger partial charge on any atom is -0.460 e. The number of fused-ring (bicyclic) bond motifs is 1. The molecule has 0 saturated carbocycles. The number of carbonyl (C=O) groups is 4. The SMILES string of the molecule is CC(=O)OCC(=O)C(CC(=O)OC(C)(C)C)NC(=O)OCc1ccccc1.c1ccc2ccccc2c1. The van der Waals surface area contributed by atoms with Gasteiger partial charge in [-0.05, 0) is 37.1 Å². The molecule has 1 N–H and O–H groups in total. The van der Waals surface area contributed by atoms with E-state index in [-0.39, 0.29) is 6.61 Å². The van der Waals surface area contributed by atoms with E-state index in [4.69, 9.17) is 9.47 Å². The van der Waals surface area contributed by atoms with Crippen molar-refractivity contribution in [2.24, 2.45) is 0 Å². The minimum absolute atomic E-state index is 0.00394. The molecule has 196 valence electrons. The summed E-state index contributed by atoms with van der Waals surface area (Å²) < 4.78 is 14.9. The molecule has 0 aliphatic carbocycles. The summed E-state index contributed by atoms with van der Waals surface area (Å²) in [5.74, 6) is -1.97. The maximum atomic E-state index is 12.2. The van der Waals surface area contributed by atoms with Crippen molar-refractivity contribution in [3.05, 3.63) is 84.4 Å². The number of rotatable bonds is 8. The number of carbonyl (C=O) groups excluding carboxylic acids is 4. The molecule has 0 aliphatic heterocycles. The van der Waals surface area contributed by atoms with Gasteiger partial charge in [0, 0.05) is 6.92 Å². The maximum Gasteiger partial charge on any atom is 0.408 e. The van der Waals surface area contributed by atoms with Gasteiger partial charge in [0.15, 0.2) is 12.4 Å². The predicted molar refractivity (Wildman–Crippen MR) is 140 cm³/mol. The molecule has 0 heterocycles. The molecule has 0 bridgehead atoms. The predicted octanol–water partition coefficient (Wildman–Crippen LogP) is 4.99. The van der Waals surface area contributed by atoms with Crippen LogP contribution in [-0.4, -0.2) is 42.1 Å². The molecule has 3 aromatic rings. The number of benzene rings is 3. The van der Waals surface area contributed by atoms with Crippen LogP contribution < -0.4 is 5.32 Å². The summed E-state index contributed by atoms with van der Waals surface area (Å²) in [5.41, 5.74) is 0.0246. The van der Waals surface area contributed by atoms with Gasteiger partial charge in [0.25, 0.3) is 0 Å². The first-order valence-corrected chi connectivity index (χ1v) is 11.8. The zero-order chi connectivity index (χ0) is 27.3. The highest BCUT2D eigenvalue weighted by atomic mass is 16.6. The number of ketones is 1.